The van der Waals surface area contributed by atoms with Gasteiger partial charge in [0.2, 0.25) is 0 Å². The SMILES string of the molecule is Cc1cn(Cc2ccccc2/C=C/C(=O)O)c2ccccc12. The zero-order chi connectivity index (χ0) is 15.5. The van der Waals surface area contributed by atoms with E-state index in [1.165, 1.54) is 22.5 Å². The third-order valence-corrected chi connectivity index (χ3v) is 3.79. The lowest BCUT2D eigenvalue weighted by atomic mass is 10.1. The van der Waals surface area contributed by atoms with Gasteiger partial charge in [0.1, 0.15) is 0 Å². The van der Waals surface area contributed by atoms with Crippen molar-refractivity contribution in [2.24, 2.45) is 0 Å². The van der Waals surface area contributed by atoms with Crippen LogP contribution in [0.2, 0.25) is 0 Å². The van der Waals surface area contributed by atoms with E-state index < -0.39 is 5.97 Å². The Labute approximate surface area is 129 Å². The van der Waals surface area contributed by atoms with Crippen molar-refractivity contribution in [2.45, 2.75) is 13.5 Å². The molecule has 0 spiro atoms. The van der Waals surface area contributed by atoms with Crippen LogP contribution in [0.15, 0.2) is 60.8 Å². The number of aliphatic carboxylic acids is 1. The highest BCUT2D eigenvalue weighted by Gasteiger charge is 2.06. The van der Waals surface area contributed by atoms with Gasteiger partial charge in [-0.05, 0) is 35.8 Å². The average molecular weight is 291 g/mol. The first-order chi connectivity index (χ1) is 10.6. The Morgan fingerprint density at radius 2 is 1.86 bits per heavy atom. The van der Waals surface area contributed by atoms with E-state index in [4.69, 9.17) is 5.11 Å². The quantitative estimate of drug-likeness (QED) is 0.735. The molecule has 0 fully saturated rings. The number of rotatable bonds is 4. The van der Waals surface area contributed by atoms with Crippen LogP contribution in [0.5, 0.6) is 0 Å². The van der Waals surface area contributed by atoms with E-state index >= 15 is 0 Å². The predicted octanol–water partition coefficient (Wildman–Crippen LogP) is 4.10. The van der Waals surface area contributed by atoms with Crippen molar-refractivity contribution < 1.29 is 9.90 Å². The van der Waals surface area contributed by atoms with Gasteiger partial charge >= 0.3 is 5.97 Å². The summed E-state index contributed by atoms with van der Waals surface area (Å²) in [6, 6.07) is 16.2. The monoisotopic (exact) mass is 291 g/mol. The highest BCUT2D eigenvalue weighted by Crippen LogP contribution is 2.22. The molecule has 0 unspecified atom stereocenters. The molecule has 2 aromatic carbocycles. The molecule has 0 atom stereocenters. The zero-order valence-electron chi connectivity index (χ0n) is 12.4. The Hall–Kier alpha value is -2.81. The molecule has 110 valence electrons. The number of nitrogens with zero attached hydrogens (tertiary/aromatic N) is 1. The second-order valence-electron chi connectivity index (χ2n) is 5.33. The molecule has 0 aliphatic carbocycles. The maximum Gasteiger partial charge on any atom is 0.328 e. The normalized spacial score (nSPS) is 11.3. The van der Waals surface area contributed by atoms with Crippen molar-refractivity contribution >= 4 is 22.9 Å². The molecule has 0 saturated carbocycles. The zero-order valence-corrected chi connectivity index (χ0v) is 12.4. The minimum Gasteiger partial charge on any atom is -0.478 e. The van der Waals surface area contributed by atoms with Crippen LogP contribution >= 0.6 is 0 Å². The molecule has 22 heavy (non-hydrogen) atoms. The minimum atomic E-state index is -0.933. The predicted molar refractivity (Wildman–Crippen MR) is 88.9 cm³/mol. The Balaban J connectivity index is 2.01. The first kappa shape index (κ1) is 14.1. The molecule has 0 amide bonds. The van der Waals surface area contributed by atoms with Gasteiger partial charge in [0.05, 0.1) is 0 Å². The lowest BCUT2D eigenvalue weighted by molar-refractivity contribution is -0.131. The first-order valence-electron chi connectivity index (χ1n) is 7.18. The molecule has 3 heteroatoms. The van der Waals surface area contributed by atoms with Crippen LogP contribution in [0, 0.1) is 6.92 Å². The van der Waals surface area contributed by atoms with Crippen LogP contribution in [0.25, 0.3) is 17.0 Å². The van der Waals surface area contributed by atoms with Crippen molar-refractivity contribution in [2.75, 3.05) is 0 Å². The molecule has 1 aromatic heterocycles. The fourth-order valence-electron chi connectivity index (χ4n) is 2.75. The summed E-state index contributed by atoms with van der Waals surface area (Å²) >= 11 is 0. The summed E-state index contributed by atoms with van der Waals surface area (Å²) in [7, 11) is 0. The second kappa shape index (κ2) is 5.90. The maximum atomic E-state index is 10.7. The van der Waals surface area contributed by atoms with Crippen LogP contribution in [-0.2, 0) is 11.3 Å². The van der Waals surface area contributed by atoms with Crippen molar-refractivity contribution in [3.63, 3.8) is 0 Å². The summed E-state index contributed by atoms with van der Waals surface area (Å²) in [5, 5.41) is 10.1. The third kappa shape index (κ3) is 2.79. The van der Waals surface area contributed by atoms with Gasteiger partial charge in [-0.3, -0.25) is 0 Å². The molecule has 0 aliphatic heterocycles. The van der Waals surface area contributed by atoms with E-state index in [-0.39, 0.29) is 0 Å². The number of carboxylic acid groups (broad SMARTS) is 1. The molecule has 0 bridgehead atoms. The maximum absolute atomic E-state index is 10.7. The van der Waals surface area contributed by atoms with Crippen LogP contribution in [0.3, 0.4) is 0 Å². The Kier molecular flexibility index (Phi) is 3.79. The molecule has 0 saturated heterocycles. The van der Waals surface area contributed by atoms with Gasteiger partial charge in [0.15, 0.2) is 0 Å². The summed E-state index contributed by atoms with van der Waals surface area (Å²) < 4.78 is 2.21. The summed E-state index contributed by atoms with van der Waals surface area (Å²) in [5.41, 5.74) is 4.47. The molecule has 3 rings (SSSR count). The molecule has 0 aliphatic rings. The Morgan fingerprint density at radius 1 is 1.14 bits per heavy atom. The van der Waals surface area contributed by atoms with E-state index in [0.29, 0.717) is 6.54 Å². The number of benzene rings is 2. The number of hydrogen-bond donors (Lipinski definition) is 1. The lowest BCUT2D eigenvalue weighted by Gasteiger charge is -2.09. The number of aryl methyl sites for hydroxylation is 1. The van der Waals surface area contributed by atoms with Gasteiger partial charge in [-0.2, -0.15) is 0 Å². The van der Waals surface area contributed by atoms with E-state index in [2.05, 4.69) is 29.8 Å². The van der Waals surface area contributed by atoms with Gasteiger partial charge in [0.25, 0.3) is 0 Å². The fourth-order valence-corrected chi connectivity index (χ4v) is 2.75. The number of carboxylic acids is 1. The molecular formula is C19H17NO2. The number of fused-ring (bicyclic) bond motifs is 1. The third-order valence-electron chi connectivity index (χ3n) is 3.79. The molecule has 3 nitrogen and oxygen atoms in total. The number of hydrogen-bond acceptors (Lipinski definition) is 1. The van der Waals surface area contributed by atoms with Crippen molar-refractivity contribution in [1.29, 1.82) is 0 Å². The molecule has 1 N–H and O–H groups in total. The van der Waals surface area contributed by atoms with Gasteiger partial charge in [-0.25, -0.2) is 4.79 Å². The minimum absolute atomic E-state index is 0.717. The molecule has 1 heterocycles. The van der Waals surface area contributed by atoms with E-state index in [0.717, 1.165) is 11.1 Å². The van der Waals surface area contributed by atoms with Crippen LogP contribution in [0.1, 0.15) is 16.7 Å². The molecule has 0 radical (unpaired) electrons. The second-order valence-corrected chi connectivity index (χ2v) is 5.33. The Bertz CT molecular complexity index is 859. The van der Waals surface area contributed by atoms with Crippen molar-refractivity contribution in [3.05, 3.63) is 77.5 Å². The summed E-state index contributed by atoms with van der Waals surface area (Å²) in [6.45, 7) is 2.82. The summed E-state index contributed by atoms with van der Waals surface area (Å²) in [4.78, 5) is 10.7. The molecular weight excluding hydrogens is 274 g/mol. The standard InChI is InChI=1S/C19H17NO2/c1-14-12-20(18-9-5-4-8-17(14)18)13-16-7-3-2-6-15(16)10-11-19(21)22/h2-12H,13H2,1H3,(H,21,22)/b11-10+. The average Bonchev–Trinajstić information content (AvgIpc) is 2.83. The largest absolute Gasteiger partial charge is 0.478 e. The van der Waals surface area contributed by atoms with E-state index in [9.17, 15) is 4.79 Å². The van der Waals surface area contributed by atoms with Crippen LogP contribution < -0.4 is 0 Å². The highest BCUT2D eigenvalue weighted by atomic mass is 16.4. The van der Waals surface area contributed by atoms with Crippen molar-refractivity contribution in [3.8, 4) is 0 Å². The fraction of sp³-hybridized carbons (Fsp3) is 0.105. The number of aromatic nitrogens is 1. The smallest absolute Gasteiger partial charge is 0.328 e. The van der Waals surface area contributed by atoms with Gasteiger partial charge in [0, 0.05) is 29.7 Å². The van der Waals surface area contributed by atoms with Gasteiger partial charge in [-0.1, -0.05) is 42.5 Å². The van der Waals surface area contributed by atoms with Crippen LogP contribution in [0.4, 0.5) is 0 Å². The first-order valence-corrected chi connectivity index (χ1v) is 7.18. The Morgan fingerprint density at radius 3 is 2.68 bits per heavy atom. The van der Waals surface area contributed by atoms with E-state index in [1.54, 1.807) is 6.08 Å². The van der Waals surface area contributed by atoms with Gasteiger partial charge in [-0.15, -0.1) is 0 Å². The van der Waals surface area contributed by atoms with Gasteiger partial charge < -0.3 is 9.67 Å². The van der Waals surface area contributed by atoms with Crippen LogP contribution in [-0.4, -0.2) is 15.6 Å². The highest BCUT2D eigenvalue weighted by molar-refractivity contribution is 5.86. The topological polar surface area (TPSA) is 42.2 Å². The number of carbonyl (C=O) groups is 1. The summed E-state index contributed by atoms with van der Waals surface area (Å²) in [6.07, 6.45) is 4.97. The lowest BCUT2D eigenvalue weighted by Crippen LogP contribution is -2.00. The molecule has 3 aromatic rings. The number of para-hydroxylation sites is 1. The van der Waals surface area contributed by atoms with E-state index in [1.807, 2.05) is 36.4 Å². The summed E-state index contributed by atoms with van der Waals surface area (Å²) in [5.74, 6) is -0.933. The van der Waals surface area contributed by atoms with Crippen molar-refractivity contribution in [1.82, 2.24) is 4.57 Å².